The molecule has 0 spiro atoms. The topological polar surface area (TPSA) is 89.5 Å². The number of hydrogen-bond acceptors (Lipinski definition) is 5. The van der Waals surface area contributed by atoms with E-state index in [1.165, 1.54) is 6.07 Å². The second-order valence-corrected chi connectivity index (χ2v) is 6.38. The summed E-state index contributed by atoms with van der Waals surface area (Å²) in [6.45, 7) is 1.73. The SMILES string of the molecule is COC(=O)NS(=O)(=O)c1ccccc1-c1cccc(C=O)c1C. The molecule has 0 aliphatic carbocycles. The van der Waals surface area contributed by atoms with Crippen LogP contribution in [0.15, 0.2) is 47.4 Å². The lowest BCUT2D eigenvalue weighted by Gasteiger charge is -2.13. The van der Waals surface area contributed by atoms with E-state index in [1.54, 1.807) is 43.3 Å². The van der Waals surface area contributed by atoms with Gasteiger partial charge in [-0.25, -0.2) is 17.9 Å². The van der Waals surface area contributed by atoms with E-state index in [-0.39, 0.29) is 4.90 Å². The summed E-state index contributed by atoms with van der Waals surface area (Å²) in [6.07, 6.45) is -0.360. The van der Waals surface area contributed by atoms with Gasteiger partial charge in [0, 0.05) is 11.1 Å². The van der Waals surface area contributed by atoms with Crippen molar-refractivity contribution in [2.75, 3.05) is 7.11 Å². The highest BCUT2D eigenvalue weighted by Crippen LogP contribution is 2.30. The van der Waals surface area contributed by atoms with E-state index in [2.05, 4.69) is 4.74 Å². The average Bonchev–Trinajstić information content (AvgIpc) is 2.54. The number of rotatable bonds is 4. The molecular formula is C16H15NO5S. The minimum atomic E-state index is -4.10. The summed E-state index contributed by atoms with van der Waals surface area (Å²) in [5, 5.41) is 0. The van der Waals surface area contributed by atoms with Crippen molar-refractivity contribution in [1.82, 2.24) is 4.72 Å². The van der Waals surface area contributed by atoms with Gasteiger partial charge in [0.25, 0.3) is 10.0 Å². The quantitative estimate of drug-likeness (QED) is 0.868. The molecule has 0 bridgehead atoms. The van der Waals surface area contributed by atoms with E-state index >= 15 is 0 Å². The summed E-state index contributed by atoms with van der Waals surface area (Å²) in [7, 11) is -3.02. The molecule has 7 heteroatoms. The van der Waals surface area contributed by atoms with Crippen molar-refractivity contribution in [3.63, 3.8) is 0 Å². The summed E-state index contributed by atoms with van der Waals surface area (Å²) in [5.41, 5.74) is 2.12. The lowest BCUT2D eigenvalue weighted by atomic mass is 9.97. The van der Waals surface area contributed by atoms with Gasteiger partial charge in [0.15, 0.2) is 0 Å². The Hall–Kier alpha value is -2.67. The molecule has 2 aromatic rings. The van der Waals surface area contributed by atoms with Crippen LogP contribution >= 0.6 is 0 Å². The molecular weight excluding hydrogens is 318 g/mol. The van der Waals surface area contributed by atoms with Crippen molar-refractivity contribution in [3.8, 4) is 11.1 Å². The van der Waals surface area contributed by atoms with Crippen LogP contribution in [0.3, 0.4) is 0 Å². The van der Waals surface area contributed by atoms with Crippen LogP contribution in [-0.2, 0) is 14.8 Å². The molecule has 0 saturated heterocycles. The van der Waals surface area contributed by atoms with Gasteiger partial charge in [0.2, 0.25) is 0 Å². The zero-order chi connectivity index (χ0) is 17.0. The third kappa shape index (κ3) is 3.40. The summed E-state index contributed by atoms with van der Waals surface area (Å²) >= 11 is 0. The fourth-order valence-corrected chi connectivity index (χ4v) is 3.34. The molecule has 0 atom stereocenters. The minimum Gasteiger partial charge on any atom is -0.452 e. The molecule has 0 aliphatic heterocycles. The van der Waals surface area contributed by atoms with E-state index in [0.29, 0.717) is 28.5 Å². The van der Waals surface area contributed by atoms with Crippen molar-refractivity contribution in [2.45, 2.75) is 11.8 Å². The van der Waals surface area contributed by atoms with E-state index in [9.17, 15) is 18.0 Å². The molecule has 23 heavy (non-hydrogen) atoms. The zero-order valence-corrected chi connectivity index (χ0v) is 13.4. The summed E-state index contributed by atoms with van der Waals surface area (Å²) < 4.78 is 30.9. The smallest absolute Gasteiger partial charge is 0.420 e. The fraction of sp³-hybridized carbons (Fsp3) is 0.125. The van der Waals surface area contributed by atoms with E-state index in [4.69, 9.17) is 0 Å². The maximum atomic E-state index is 12.4. The number of benzene rings is 2. The number of carbonyl (C=O) groups excluding carboxylic acids is 2. The van der Waals surface area contributed by atoms with Crippen molar-refractivity contribution >= 4 is 22.4 Å². The van der Waals surface area contributed by atoms with E-state index in [0.717, 1.165) is 7.11 Å². The first-order chi connectivity index (χ1) is 10.9. The fourth-order valence-electron chi connectivity index (χ4n) is 2.20. The molecule has 0 saturated carbocycles. The Kier molecular flexibility index (Phi) is 4.80. The van der Waals surface area contributed by atoms with Gasteiger partial charge < -0.3 is 4.74 Å². The lowest BCUT2D eigenvalue weighted by molar-refractivity contribution is 0.112. The maximum Gasteiger partial charge on any atom is 0.420 e. The Morgan fingerprint density at radius 2 is 1.74 bits per heavy atom. The van der Waals surface area contributed by atoms with Gasteiger partial charge in [-0.05, 0) is 24.1 Å². The van der Waals surface area contributed by atoms with Gasteiger partial charge in [-0.15, -0.1) is 0 Å². The number of nitrogens with one attached hydrogen (secondary N) is 1. The van der Waals surface area contributed by atoms with Gasteiger partial charge in [-0.3, -0.25) is 4.79 Å². The van der Waals surface area contributed by atoms with Crippen LogP contribution in [0.4, 0.5) is 4.79 Å². The van der Waals surface area contributed by atoms with Crippen LogP contribution in [0.2, 0.25) is 0 Å². The molecule has 1 amide bonds. The highest BCUT2D eigenvalue weighted by molar-refractivity contribution is 7.90. The number of methoxy groups -OCH3 is 1. The monoisotopic (exact) mass is 333 g/mol. The highest BCUT2D eigenvalue weighted by Gasteiger charge is 2.22. The Morgan fingerprint density at radius 3 is 2.39 bits per heavy atom. The molecule has 2 rings (SSSR count). The largest absolute Gasteiger partial charge is 0.452 e. The van der Waals surface area contributed by atoms with Crippen LogP contribution in [0.5, 0.6) is 0 Å². The molecule has 0 fully saturated rings. The molecule has 0 aromatic heterocycles. The Labute approximate surface area is 134 Å². The van der Waals surface area contributed by atoms with Crippen LogP contribution in [-0.4, -0.2) is 27.9 Å². The number of carbonyl (C=O) groups is 2. The van der Waals surface area contributed by atoms with Gasteiger partial charge in [-0.2, -0.15) is 0 Å². The molecule has 2 aromatic carbocycles. The van der Waals surface area contributed by atoms with Gasteiger partial charge >= 0.3 is 6.09 Å². The number of sulfonamides is 1. The highest BCUT2D eigenvalue weighted by atomic mass is 32.2. The Balaban J connectivity index is 2.64. The molecule has 0 unspecified atom stereocenters. The molecule has 1 N–H and O–H groups in total. The summed E-state index contributed by atoms with van der Waals surface area (Å²) in [4.78, 5) is 22.3. The number of amides is 1. The molecule has 0 aliphatic rings. The third-order valence-electron chi connectivity index (χ3n) is 3.37. The van der Waals surface area contributed by atoms with Crippen molar-refractivity contribution in [2.24, 2.45) is 0 Å². The Morgan fingerprint density at radius 1 is 1.09 bits per heavy atom. The van der Waals surface area contributed by atoms with E-state index < -0.39 is 16.1 Å². The summed E-state index contributed by atoms with van der Waals surface area (Å²) in [6, 6.07) is 11.3. The van der Waals surface area contributed by atoms with Crippen LogP contribution < -0.4 is 4.72 Å². The number of aldehydes is 1. The molecule has 120 valence electrons. The van der Waals surface area contributed by atoms with Gasteiger partial charge in [0.05, 0.1) is 12.0 Å². The molecule has 0 radical (unpaired) electrons. The number of ether oxygens (including phenoxy) is 1. The second-order valence-electron chi connectivity index (χ2n) is 4.73. The second kappa shape index (κ2) is 6.62. The van der Waals surface area contributed by atoms with Crippen LogP contribution in [0.1, 0.15) is 15.9 Å². The molecule has 6 nitrogen and oxygen atoms in total. The first-order valence-electron chi connectivity index (χ1n) is 6.65. The molecule has 0 heterocycles. The van der Waals surface area contributed by atoms with Crippen LogP contribution in [0.25, 0.3) is 11.1 Å². The maximum absolute atomic E-state index is 12.4. The lowest BCUT2D eigenvalue weighted by Crippen LogP contribution is -2.30. The first kappa shape index (κ1) is 16.7. The van der Waals surface area contributed by atoms with Crippen molar-refractivity contribution < 1.29 is 22.7 Å². The third-order valence-corrected chi connectivity index (χ3v) is 4.74. The predicted octanol–water partition coefficient (Wildman–Crippen LogP) is 2.52. The van der Waals surface area contributed by atoms with Crippen molar-refractivity contribution in [1.29, 1.82) is 0 Å². The van der Waals surface area contributed by atoms with Gasteiger partial charge in [-0.1, -0.05) is 36.4 Å². The first-order valence-corrected chi connectivity index (χ1v) is 8.14. The van der Waals surface area contributed by atoms with Crippen molar-refractivity contribution in [3.05, 3.63) is 53.6 Å². The van der Waals surface area contributed by atoms with Crippen LogP contribution in [0, 0.1) is 6.92 Å². The standard InChI is InChI=1S/C16H15NO5S/c1-11-12(10-18)6-5-8-13(11)14-7-3-4-9-15(14)23(20,21)17-16(19)22-2/h3-10H,1-2H3,(H,17,19). The number of hydrogen-bond donors (Lipinski definition) is 1. The average molecular weight is 333 g/mol. The summed E-state index contributed by atoms with van der Waals surface area (Å²) in [5.74, 6) is 0. The van der Waals surface area contributed by atoms with Gasteiger partial charge in [0.1, 0.15) is 6.29 Å². The normalized spacial score (nSPS) is 10.9. The Bertz CT molecular complexity index is 859. The van der Waals surface area contributed by atoms with E-state index in [1.807, 2.05) is 4.72 Å². The minimum absolute atomic E-state index is 0.0726. The predicted molar refractivity (Wildman–Crippen MR) is 84.7 cm³/mol. The zero-order valence-electron chi connectivity index (χ0n) is 12.6.